The Labute approximate surface area is 188 Å². The summed E-state index contributed by atoms with van der Waals surface area (Å²) in [6, 6.07) is 16.4. The van der Waals surface area contributed by atoms with E-state index < -0.39 is 0 Å². The summed E-state index contributed by atoms with van der Waals surface area (Å²) in [6.45, 7) is 5.55. The smallest absolute Gasteiger partial charge is 0.209 e. The molecule has 0 aliphatic heterocycles. The molecule has 0 amide bonds. The minimum atomic E-state index is 0. The van der Waals surface area contributed by atoms with Crippen LogP contribution in [0.15, 0.2) is 73.3 Å². The minimum absolute atomic E-state index is 0. The van der Waals surface area contributed by atoms with Crippen molar-refractivity contribution in [3.63, 3.8) is 0 Å². The van der Waals surface area contributed by atoms with Crippen molar-refractivity contribution in [3.8, 4) is 23.7 Å². The summed E-state index contributed by atoms with van der Waals surface area (Å²) in [5.41, 5.74) is 4.50. The van der Waals surface area contributed by atoms with Crippen LogP contribution < -0.4 is 43.1 Å². The van der Waals surface area contributed by atoms with Crippen molar-refractivity contribution in [2.24, 2.45) is 0 Å². The maximum atomic E-state index is 3.21. The first-order chi connectivity index (χ1) is 12.7. The average molecular weight is 498 g/mol. The van der Waals surface area contributed by atoms with Gasteiger partial charge >= 0.3 is 0 Å². The molecule has 142 valence electrons. The van der Waals surface area contributed by atoms with Gasteiger partial charge in [-0.2, -0.15) is 9.13 Å². The van der Waals surface area contributed by atoms with Crippen LogP contribution in [0.3, 0.4) is 0 Å². The predicted octanol–water partition coefficient (Wildman–Crippen LogP) is -3.01. The lowest BCUT2D eigenvalue weighted by molar-refractivity contribution is -0.685. The molecule has 2 nitrogen and oxygen atoms in total. The lowest BCUT2D eigenvalue weighted by atomic mass is 10.1. The topological polar surface area (TPSA) is 7.76 Å². The van der Waals surface area contributed by atoms with E-state index in [0.717, 1.165) is 11.1 Å². The molecule has 0 radical (unpaired) electrons. The van der Waals surface area contributed by atoms with Crippen LogP contribution in [0.5, 0.6) is 0 Å². The molecule has 4 heteroatoms. The zero-order chi connectivity index (χ0) is 18.2. The molecule has 0 spiro atoms. The van der Waals surface area contributed by atoms with E-state index in [9.17, 15) is 0 Å². The molecule has 2 aromatic heterocycles. The number of halogens is 2. The molecule has 2 heterocycles. The number of pyridine rings is 2. The number of aromatic nitrogens is 2. The molecule has 0 atom stereocenters. The van der Waals surface area contributed by atoms with Gasteiger partial charge in [-0.25, -0.2) is 0 Å². The molecule has 0 unspecified atom stereocenters. The van der Waals surface area contributed by atoms with Crippen LogP contribution in [-0.4, -0.2) is 0 Å². The van der Waals surface area contributed by atoms with E-state index in [0.29, 0.717) is 13.1 Å². The second-order valence-electron chi connectivity index (χ2n) is 6.29. The number of aryl methyl sites for hydroxylation is 2. The molecular weight excluding hydrogens is 476 g/mol. The van der Waals surface area contributed by atoms with E-state index in [4.69, 9.17) is 0 Å². The zero-order valence-corrected chi connectivity index (χ0v) is 19.2. The molecule has 28 heavy (non-hydrogen) atoms. The largest absolute Gasteiger partial charge is 1.00 e. The van der Waals surface area contributed by atoms with Crippen LogP contribution in [-0.2, 0) is 13.1 Å². The Bertz CT molecular complexity index is 935. The first-order valence-corrected chi connectivity index (χ1v) is 8.68. The van der Waals surface area contributed by atoms with Gasteiger partial charge < -0.3 is 34.0 Å². The van der Waals surface area contributed by atoms with Crippen LogP contribution in [0.4, 0.5) is 0 Å². The fourth-order valence-electron chi connectivity index (χ4n) is 2.61. The van der Waals surface area contributed by atoms with E-state index in [1.807, 2.05) is 48.8 Å². The van der Waals surface area contributed by atoms with Crippen molar-refractivity contribution in [2.45, 2.75) is 26.9 Å². The molecule has 0 fully saturated rings. The Morgan fingerprint density at radius 1 is 0.643 bits per heavy atom. The van der Waals surface area contributed by atoms with Crippen molar-refractivity contribution in [1.29, 1.82) is 0 Å². The Morgan fingerprint density at radius 2 is 1.04 bits per heavy atom. The quantitative estimate of drug-likeness (QED) is 0.263. The molecular formula is C24H22Br2N2. The Balaban J connectivity index is 0.00000196. The molecule has 0 saturated heterocycles. The highest BCUT2D eigenvalue weighted by Gasteiger charge is 1.97. The highest BCUT2D eigenvalue weighted by atomic mass is 79.9. The molecule has 0 aliphatic rings. The lowest BCUT2D eigenvalue weighted by Gasteiger charge is -1.93. The summed E-state index contributed by atoms with van der Waals surface area (Å²) in [7, 11) is 0. The van der Waals surface area contributed by atoms with Crippen molar-refractivity contribution in [2.75, 3.05) is 0 Å². The summed E-state index contributed by atoms with van der Waals surface area (Å²) in [4.78, 5) is 0. The average Bonchev–Trinajstić information content (AvgIpc) is 2.63. The first kappa shape index (κ1) is 23.6. The molecule has 0 aliphatic carbocycles. The fraction of sp³-hybridized carbons (Fsp3) is 0.167. The van der Waals surface area contributed by atoms with Gasteiger partial charge in [0.2, 0.25) is 13.1 Å². The second kappa shape index (κ2) is 12.1. The number of rotatable bonds is 2. The summed E-state index contributed by atoms with van der Waals surface area (Å²) >= 11 is 0. The van der Waals surface area contributed by atoms with Gasteiger partial charge in [0.25, 0.3) is 0 Å². The Kier molecular flexibility index (Phi) is 10.2. The lowest BCUT2D eigenvalue weighted by Crippen LogP contribution is -3.00. The SMILES string of the molecule is Cc1ccc[n+](CC#Cc2ccc(C#CC[n+]3cccc(C)c3)cc2)c1.[Br-].[Br-]. The summed E-state index contributed by atoms with van der Waals surface area (Å²) in [6.07, 6.45) is 8.26. The third kappa shape index (κ3) is 7.69. The normalized spacial score (nSPS) is 8.93. The maximum Gasteiger partial charge on any atom is 0.209 e. The van der Waals surface area contributed by atoms with Crippen molar-refractivity contribution in [3.05, 3.63) is 95.6 Å². The van der Waals surface area contributed by atoms with Crippen LogP contribution in [0.1, 0.15) is 22.3 Å². The molecule has 0 bridgehead atoms. The fourth-order valence-corrected chi connectivity index (χ4v) is 2.61. The van der Waals surface area contributed by atoms with Crippen LogP contribution in [0, 0.1) is 37.5 Å². The highest BCUT2D eigenvalue weighted by Crippen LogP contribution is 2.01. The minimum Gasteiger partial charge on any atom is -1.00 e. The number of hydrogen-bond acceptors (Lipinski definition) is 0. The number of nitrogens with zero attached hydrogens (tertiary/aromatic N) is 2. The van der Waals surface area contributed by atoms with E-state index in [1.54, 1.807) is 0 Å². The van der Waals surface area contributed by atoms with Gasteiger partial charge in [0.1, 0.15) is 0 Å². The summed E-state index contributed by atoms with van der Waals surface area (Å²) in [5.74, 6) is 12.8. The van der Waals surface area contributed by atoms with E-state index in [-0.39, 0.29) is 34.0 Å². The van der Waals surface area contributed by atoms with E-state index in [1.165, 1.54) is 11.1 Å². The van der Waals surface area contributed by atoms with Crippen molar-refractivity contribution < 1.29 is 43.1 Å². The zero-order valence-electron chi connectivity index (χ0n) is 16.0. The van der Waals surface area contributed by atoms with Gasteiger partial charge in [-0.1, -0.05) is 11.8 Å². The van der Waals surface area contributed by atoms with Crippen molar-refractivity contribution >= 4 is 0 Å². The summed E-state index contributed by atoms with van der Waals surface area (Å²) in [5, 5.41) is 0. The molecule has 0 saturated carbocycles. The Hall–Kier alpha value is -2.40. The van der Waals surface area contributed by atoms with Crippen LogP contribution >= 0.6 is 0 Å². The van der Waals surface area contributed by atoms with Gasteiger partial charge in [-0.05, 0) is 62.1 Å². The monoisotopic (exact) mass is 496 g/mol. The van der Waals surface area contributed by atoms with Crippen LogP contribution in [0.25, 0.3) is 0 Å². The summed E-state index contributed by atoms with van der Waals surface area (Å²) < 4.78 is 4.18. The number of hydrogen-bond donors (Lipinski definition) is 0. The molecule has 0 N–H and O–H groups in total. The third-order valence-corrected chi connectivity index (χ3v) is 3.89. The molecule has 3 aromatic rings. The maximum absolute atomic E-state index is 3.21. The van der Waals surface area contributed by atoms with E-state index in [2.05, 4.69) is 71.2 Å². The van der Waals surface area contributed by atoms with Gasteiger partial charge in [-0.15, -0.1) is 0 Å². The second-order valence-corrected chi connectivity index (χ2v) is 6.29. The van der Waals surface area contributed by atoms with Gasteiger partial charge in [0, 0.05) is 34.4 Å². The molecule has 1 aromatic carbocycles. The Morgan fingerprint density at radius 3 is 1.39 bits per heavy atom. The highest BCUT2D eigenvalue weighted by molar-refractivity contribution is 5.41. The third-order valence-electron chi connectivity index (χ3n) is 3.89. The number of benzene rings is 1. The van der Waals surface area contributed by atoms with Gasteiger partial charge in [-0.3, -0.25) is 0 Å². The van der Waals surface area contributed by atoms with Gasteiger partial charge in [0.15, 0.2) is 24.8 Å². The van der Waals surface area contributed by atoms with Crippen LogP contribution in [0.2, 0.25) is 0 Å². The van der Waals surface area contributed by atoms with Crippen molar-refractivity contribution in [1.82, 2.24) is 0 Å². The van der Waals surface area contributed by atoms with E-state index >= 15 is 0 Å². The molecule has 3 rings (SSSR count). The first-order valence-electron chi connectivity index (χ1n) is 8.68. The van der Waals surface area contributed by atoms with Gasteiger partial charge in [0.05, 0.1) is 0 Å². The predicted molar refractivity (Wildman–Crippen MR) is 103 cm³/mol. The standard InChI is InChI=1S/C24H22N2.2BrH/c1-21-7-3-15-25(19-21)17-5-9-23-11-13-24(14-12-23)10-6-18-26-16-4-8-22(2)20-26;;/h3-4,7-8,11-16,19-20H,17-18H2,1-2H3;2*1H/q+2;;/p-2.